The monoisotopic (exact) mass is 421 g/mol. The highest BCUT2D eigenvalue weighted by Gasteiger charge is 2.23. The van der Waals surface area contributed by atoms with E-state index >= 15 is 0 Å². The second kappa shape index (κ2) is 9.44. The van der Waals surface area contributed by atoms with Gasteiger partial charge in [0.25, 0.3) is 5.56 Å². The number of amides is 1. The summed E-state index contributed by atoms with van der Waals surface area (Å²) < 4.78 is 1.82. The zero-order valence-electron chi connectivity index (χ0n) is 17.3. The Morgan fingerprint density at radius 2 is 1.96 bits per heavy atom. The summed E-state index contributed by atoms with van der Waals surface area (Å²) in [5, 5.41) is 4.49. The molecular weight excluding hydrogens is 390 g/mol. The molecule has 28 heavy (non-hydrogen) atoms. The van der Waals surface area contributed by atoms with Crippen LogP contribution in [0.1, 0.15) is 76.3 Å². The predicted molar refractivity (Wildman–Crippen MR) is 119 cm³/mol. The Kier molecular flexibility index (Phi) is 7.20. The number of rotatable bonds is 7. The van der Waals surface area contributed by atoms with E-state index in [1.54, 1.807) is 11.3 Å². The van der Waals surface area contributed by atoms with Crippen LogP contribution in [0, 0.1) is 0 Å². The van der Waals surface area contributed by atoms with Crippen LogP contribution in [-0.4, -0.2) is 27.3 Å². The molecule has 7 heteroatoms. The van der Waals surface area contributed by atoms with Gasteiger partial charge in [-0.1, -0.05) is 32.0 Å². The molecule has 2 unspecified atom stereocenters. The highest BCUT2D eigenvalue weighted by atomic mass is 32.2. The third kappa shape index (κ3) is 4.46. The van der Waals surface area contributed by atoms with E-state index in [1.807, 2.05) is 11.5 Å². The molecule has 0 aromatic carbocycles. The smallest absolute Gasteiger partial charge is 0.263 e. The van der Waals surface area contributed by atoms with Gasteiger partial charge in [0.1, 0.15) is 4.83 Å². The van der Waals surface area contributed by atoms with Gasteiger partial charge in [0.15, 0.2) is 5.16 Å². The minimum absolute atomic E-state index is 0.00800. The molecule has 0 saturated carbocycles. The zero-order valence-corrected chi connectivity index (χ0v) is 19.0. The lowest BCUT2D eigenvalue weighted by Crippen LogP contribution is -2.33. The van der Waals surface area contributed by atoms with Crippen LogP contribution in [0.4, 0.5) is 0 Å². The molecule has 3 rings (SSSR count). The van der Waals surface area contributed by atoms with Crippen molar-refractivity contribution in [1.82, 2.24) is 14.9 Å². The summed E-state index contributed by atoms with van der Waals surface area (Å²) in [6.07, 6.45) is 7.36. The molecule has 2 heterocycles. The second-order valence-corrected chi connectivity index (χ2v) is 9.76. The quantitative estimate of drug-likeness (QED) is 0.400. The number of carbonyl (C=O) groups is 1. The molecule has 0 radical (unpaired) electrons. The van der Waals surface area contributed by atoms with Gasteiger partial charge < -0.3 is 5.32 Å². The molecule has 2 aromatic rings. The first-order chi connectivity index (χ1) is 13.5. The maximum atomic E-state index is 13.5. The van der Waals surface area contributed by atoms with Gasteiger partial charge in [0, 0.05) is 17.0 Å². The van der Waals surface area contributed by atoms with Crippen LogP contribution < -0.4 is 10.9 Å². The predicted octanol–water partition coefficient (Wildman–Crippen LogP) is 4.70. The Morgan fingerprint density at radius 3 is 2.68 bits per heavy atom. The topological polar surface area (TPSA) is 64.0 Å². The van der Waals surface area contributed by atoms with Crippen molar-refractivity contribution in [3.8, 4) is 0 Å². The summed E-state index contributed by atoms with van der Waals surface area (Å²) in [7, 11) is 0. The lowest BCUT2D eigenvalue weighted by atomic mass is 10.1. The molecule has 2 atom stereocenters. The van der Waals surface area contributed by atoms with Crippen LogP contribution in [0.25, 0.3) is 10.2 Å². The van der Waals surface area contributed by atoms with Crippen molar-refractivity contribution in [3.05, 3.63) is 20.8 Å². The summed E-state index contributed by atoms with van der Waals surface area (Å²) in [5.41, 5.74) is 1.31. The number of hydrogen-bond acceptors (Lipinski definition) is 5. The number of thiophene rings is 1. The Bertz CT molecular complexity index is 903. The summed E-state index contributed by atoms with van der Waals surface area (Å²) in [6.45, 7) is 8.19. The second-order valence-electron chi connectivity index (χ2n) is 7.74. The van der Waals surface area contributed by atoms with E-state index in [9.17, 15) is 9.59 Å². The lowest BCUT2D eigenvalue weighted by molar-refractivity contribution is -0.119. The molecule has 1 N–H and O–H groups in total. The molecule has 0 fully saturated rings. The fourth-order valence-electron chi connectivity index (χ4n) is 3.60. The van der Waals surface area contributed by atoms with Gasteiger partial charge in [-0.3, -0.25) is 14.2 Å². The van der Waals surface area contributed by atoms with Gasteiger partial charge in [-0.05, 0) is 57.9 Å². The fourth-order valence-corrected chi connectivity index (χ4v) is 5.81. The Labute approximate surface area is 175 Å². The van der Waals surface area contributed by atoms with Crippen LogP contribution in [0.5, 0.6) is 0 Å². The zero-order chi connectivity index (χ0) is 20.3. The third-order valence-electron chi connectivity index (χ3n) is 5.62. The van der Waals surface area contributed by atoms with Crippen LogP contribution in [0.2, 0.25) is 0 Å². The number of thioether (sulfide) groups is 1. The summed E-state index contributed by atoms with van der Waals surface area (Å²) >= 11 is 3.06. The molecule has 0 spiro atoms. The minimum atomic E-state index is -0.00800. The van der Waals surface area contributed by atoms with Crippen molar-refractivity contribution >= 4 is 39.2 Å². The number of nitrogens with one attached hydrogen (secondary N) is 1. The fraction of sp³-hybridized carbons (Fsp3) is 0.667. The molecule has 0 bridgehead atoms. The average molecular weight is 422 g/mol. The van der Waals surface area contributed by atoms with E-state index in [1.165, 1.54) is 35.0 Å². The molecule has 1 aliphatic rings. The standard InChI is InChI=1S/C21H31N3O2S2/c1-5-13(3)22-17(25)12-27-21-23-19-18(20(26)24(21)14(4)6-2)15-10-8-7-9-11-16(15)28-19/h13-14H,5-12H2,1-4H3,(H,22,25). The van der Waals surface area contributed by atoms with E-state index in [0.717, 1.165) is 42.3 Å². The van der Waals surface area contributed by atoms with Crippen molar-refractivity contribution in [2.45, 2.75) is 89.9 Å². The van der Waals surface area contributed by atoms with Gasteiger partial charge >= 0.3 is 0 Å². The molecule has 0 aliphatic heterocycles. The Morgan fingerprint density at radius 1 is 1.21 bits per heavy atom. The maximum Gasteiger partial charge on any atom is 0.263 e. The lowest BCUT2D eigenvalue weighted by Gasteiger charge is -2.18. The van der Waals surface area contributed by atoms with Gasteiger partial charge in [-0.2, -0.15) is 0 Å². The molecular formula is C21H31N3O2S2. The van der Waals surface area contributed by atoms with E-state index in [4.69, 9.17) is 4.98 Å². The van der Waals surface area contributed by atoms with Crippen LogP contribution in [0.3, 0.4) is 0 Å². The van der Waals surface area contributed by atoms with E-state index in [-0.39, 0.29) is 29.3 Å². The van der Waals surface area contributed by atoms with Gasteiger partial charge in [-0.25, -0.2) is 4.98 Å². The Balaban J connectivity index is 1.99. The van der Waals surface area contributed by atoms with E-state index in [0.29, 0.717) is 5.16 Å². The molecule has 5 nitrogen and oxygen atoms in total. The van der Waals surface area contributed by atoms with Crippen molar-refractivity contribution in [2.75, 3.05) is 5.75 Å². The van der Waals surface area contributed by atoms with Crippen molar-refractivity contribution in [3.63, 3.8) is 0 Å². The number of carbonyl (C=O) groups excluding carboxylic acids is 1. The number of aryl methyl sites for hydroxylation is 2. The van der Waals surface area contributed by atoms with E-state index < -0.39 is 0 Å². The number of fused-ring (bicyclic) bond motifs is 3. The van der Waals surface area contributed by atoms with Gasteiger partial charge in [-0.15, -0.1) is 11.3 Å². The SMILES string of the molecule is CCC(C)NC(=O)CSc1nc2sc3c(c2c(=O)n1C(C)CC)CCCCC3. The van der Waals surface area contributed by atoms with Crippen molar-refractivity contribution in [1.29, 1.82) is 0 Å². The summed E-state index contributed by atoms with van der Waals surface area (Å²) in [6, 6.07) is 0.221. The first-order valence-corrected chi connectivity index (χ1v) is 12.2. The molecule has 0 saturated heterocycles. The first kappa shape index (κ1) is 21.4. The number of aromatic nitrogens is 2. The molecule has 2 aromatic heterocycles. The van der Waals surface area contributed by atoms with Gasteiger partial charge in [0.05, 0.1) is 11.1 Å². The first-order valence-electron chi connectivity index (χ1n) is 10.4. The highest BCUT2D eigenvalue weighted by Crippen LogP contribution is 2.34. The van der Waals surface area contributed by atoms with Crippen LogP contribution in [0.15, 0.2) is 9.95 Å². The highest BCUT2D eigenvalue weighted by molar-refractivity contribution is 7.99. The normalized spacial score (nSPS) is 16.4. The van der Waals surface area contributed by atoms with Crippen molar-refractivity contribution < 1.29 is 4.79 Å². The van der Waals surface area contributed by atoms with Crippen molar-refractivity contribution in [2.24, 2.45) is 0 Å². The molecule has 1 amide bonds. The Hall–Kier alpha value is -1.34. The van der Waals surface area contributed by atoms with Crippen LogP contribution in [-0.2, 0) is 17.6 Å². The average Bonchev–Trinajstić information content (AvgIpc) is 2.87. The third-order valence-corrected chi connectivity index (χ3v) is 7.76. The minimum Gasteiger partial charge on any atom is -0.353 e. The number of hydrogen-bond donors (Lipinski definition) is 1. The summed E-state index contributed by atoms with van der Waals surface area (Å²) in [4.78, 5) is 32.8. The largest absolute Gasteiger partial charge is 0.353 e. The molecule has 1 aliphatic carbocycles. The van der Waals surface area contributed by atoms with Gasteiger partial charge in [0.2, 0.25) is 5.91 Å². The molecule has 154 valence electrons. The summed E-state index contributed by atoms with van der Waals surface area (Å²) in [5.74, 6) is 0.274. The number of nitrogens with zero attached hydrogens (tertiary/aromatic N) is 2. The van der Waals surface area contributed by atoms with Crippen LogP contribution >= 0.6 is 23.1 Å². The van der Waals surface area contributed by atoms with E-state index in [2.05, 4.69) is 26.1 Å². The maximum absolute atomic E-state index is 13.5.